The fraction of sp³-hybridized carbons (Fsp3) is 0.857. The second kappa shape index (κ2) is 3.18. The Bertz CT molecular complexity index is 325. The summed E-state index contributed by atoms with van der Waals surface area (Å²) in [4.78, 5) is 0.241. The van der Waals surface area contributed by atoms with Crippen LogP contribution >= 0.6 is 12.2 Å². The molecule has 0 aromatic heterocycles. The molecule has 0 spiro atoms. The lowest BCUT2D eigenvalue weighted by Crippen LogP contribution is -2.32. The number of sulfone groups is 1. The summed E-state index contributed by atoms with van der Waals surface area (Å²) in [6.07, 6.45) is 1.70. The van der Waals surface area contributed by atoms with Gasteiger partial charge >= 0.3 is 0 Å². The van der Waals surface area contributed by atoms with Gasteiger partial charge in [-0.3, -0.25) is 0 Å². The molecule has 0 heterocycles. The van der Waals surface area contributed by atoms with Crippen molar-refractivity contribution in [3.8, 4) is 0 Å². The second-order valence-corrected chi connectivity index (χ2v) is 6.14. The molecule has 0 radical (unpaired) electrons. The minimum atomic E-state index is -3.05. The van der Waals surface area contributed by atoms with Gasteiger partial charge in [-0.25, -0.2) is 8.42 Å². The summed E-state index contributed by atoms with van der Waals surface area (Å²) >= 11 is 4.84. The lowest BCUT2D eigenvalue weighted by atomic mass is 10.1. The fourth-order valence-corrected chi connectivity index (χ4v) is 3.55. The van der Waals surface area contributed by atoms with Crippen molar-refractivity contribution in [2.24, 2.45) is 11.1 Å². The van der Waals surface area contributed by atoms with Crippen LogP contribution in [0, 0.1) is 5.41 Å². The number of nitrogens with two attached hydrogens (primary N) is 1. The van der Waals surface area contributed by atoms with E-state index >= 15 is 0 Å². The van der Waals surface area contributed by atoms with E-state index in [0.29, 0.717) is 13.0 Å². The van der Waals surface area contributed by atoms with Crippen LogP contribution in [0.3, 0.4) is 0 Å². The van der Waals surface area contributed by atoms with E-state index in [1.54, 1.807) is 0 Å². The fourth-order valence-electron chi connectivity index (χ4n) is 1.57. The summed E-state index contributed by atoms with van der Waals surface area (Å²) in [7, 11) is -1.54. The van der Waals surface area contributed by atoms with Gasteiger partial charge in [-0.1, -0.05) is 12.2 Å². The maximum absolute atomic E-state index is 11.2. The molecule has 6 heteroatoms. The zero-order valence-electron chi connectivity index (χ0n) is 7.61. The van der Waals surface area contributed by atoms with E-state index in [4.69, 9.17) is 22.7 Å². The first-order valence-electron chi connectivity index (χ1n) is 3.82. The molecule has 2 N–H and O–H groups in total. The van der Waals surface area contributed by atoms with Crippen LogP contribution in [0.2, 0.25) is 0 Å². The van der Waals surface area contributed by atoms with E-state index < -0.39 is 20.5 Å². The summed E-state index contributed by atoms with van der Waals surface area (Å²) in [5.41, 5.74) is 4.89. The van der Waals surface area contributed by atoms with Gasteiger partial charge in [0.2, 0.25) is 0 Å². The minimum Gasteiger partial charge on any atom is -0.393 e. The molecular weight excluding hydrogens is 210 g/mol. The van der Waals surface area contributed by atoms with Crippen molar-refractivity contribution in [1.82, 2.24) is 0 Å². The van der Waals surface area contributed by atoms with Gasteiger partial charge in [-0.15, -0.1) is 0 Å². The quantitative estimate of drug-likeness (QED) is 0.664. The molecule has 0 saturated heterocycles. The van der Waals surface area contributed by atoms with Crippen molar-refractivity contribution >= 4 is 27.0 Å². The lowest BCUT2D eigenvalue weighted by Gasteiger charge is -2.13. The van der Waals surface area contributed by atoms with Gasteiger partial charge in [0.1, 0.15) is 0 Å². The monoisotopic (exact) mass is 223 g/mol. The minimum absolute atomic E-state index is 0.241. The van der Waals surface area contributed by atoms with Crippen molar-refractivity contribution in [3.05, 3.63) is 0 Å². The standard InChI is InChI=1S/C7H13NO3S2/c1-11-4-7(6(8)12)3-5(7)13(2,9)10/h5H,3-4H2,1-2H3,(H2,8,12)/t5-,7-/m0/s1. The van der Waals surface area contributed by atoms with Crippen molar-refractivity contribution in [2.75, 3.05) is 20.0 Å². The van der Waals surface area contributed by atoms with Gasteiger partial charge in [0.05, 0.1) is 22.3 Å². The Labute approximate surface area is 83.4 Å². The Morgan fingerprint density at radius 2 is 2.31 bits per heavy atom. The molecule has 0 bridgehead atoms. The van der Waals surface area contributed by atoms with Crippen LogP contribution in [0.1, 0.15) is 6.42 Å². The molecule has 1 aliphatic carbocycles. The SMILES string of the molecule is COC[C@@]1(C(N)=S)C[C@@H]1S(C)(=O)=O. The number of methoxy groups -OCH3 is 1. The highest BCUT2D eigenvalue weighted by molar-refractivity contribution is 7.91. The van der Waals surface area contributed by atoms with Crippen LogP contribution in [0.5, 0.6) is 0 Å². The highest BCUT2D eigenvalue weighted by Gasteiger charge is 2.62. The van der Waals surface area contributed by atoms with Gasteiger partial charge in [0.25, 0.3) is 0 Å². The average Bonchev–Trinajstić information content (AvgIpc) is 2.63. The second-order valence-electron chi connectivity index (χ2n) is 3.48. The molecule has 1 aliphatic rings. The van der Waals surface area contributed by atoms with Crippen LogP contribution in [0.15, 0.2) is 0 Å². The molecule has 13 heavy (non-hydrogen) atoms. The Balaban J connectivity index is 2.85. The average molecular weight is 223 g/mol. The highest BCUT2D eigenvalue weighted by atomic mass is 32.2. The smallest absolute Gasteiger partial charge is 0.151 e. The van der Waals surface area contributed by atoms with Crippen LogP contribution < -0.4 is 5.73 Å². The van der Waals surface area contributed by atoms with Gasteiger partial charge in [-0.2, -0.15) is 0 Å². The van der Waals surface area contributed by atoms with Crippen LogP contribution in [0.25, 0.3) is 0 Å². The molecule has 0 unspecified atom stereocenters. The van der Waals surface area contributed by atoms with Crippen molar-refractivity contribution in [2.45, 2.75) is 11.7 Å². The molecule has 1 fully saturated rings. The van der Waals surface area contributed by atoms with E-state index in [1.165, 1.54) is 13.4 Å². The molecule has 0 aromatic carbocycles. The predicted molar refractivity (Wildman–Crippen MR) is 54.3 cm³/mol. The molecule has 1 saturated carbocycles. The van der Waals surface area contributed by atoms with Gasteiger partial charge < -0.3 is 10.5 Å². The Morgan fingerprint density at radius 1 is 1.77 bits per heavy atom. The van der Waals surface area contributed by atoms with Gasteiger partial charge in [0.15, 0.2) is 9.84 Å². The Morgan fingerprint density at radius 3 is 2.54 bits per heavy atom. The molecule has 1 rings (SSSR count). The van der Waals surface area contributed by atoms with Crippen molar-refractivity contribution in [3.63, 3.8) is 0 Å². The number of ether oxygens (including phenoxy) is 1. The molecule has 2 atom stereocenters. The Kier molecular flexibility index (Phi) is 2.66. The third kappa shape index (κ3) is 1.84. The third-order valence-corrected chi connectivity index (χ3v) is 4.47. The molecule has 76 valence electrons. The van der Waals surface area contributed by atoms with E-state index in [0.717, 1.165) is 0 Å². The highest BCUT2D eigenvalue weighted by Crippen LogP contribution is 2.50. The number of thiocarbonyl (C=S) groups is 1. The van der Waals surface area contributed by atoms with E-state index in [9.17, 15) is 8.42 Å². The molecule has 0 amide bonds. The first kappa shape index (κ1) is 10.9. The largest absolute Gasteiger partial charge is 0.393 e. The first-order chi connectivity index (χ1) is 5.84. The van der Waals surface area contributed by atoms with Gasteiger partial charge in [-0.05, 0) is 6.42 Å². The normalized spacial score (nSPS) is 32.9. The zero-order valence-corrected chi connectivity index (χ0v) is 9.24. The molecule has 0 aromatic rings. The topological polar surface area (TPSA) is 69.4 Å². The molecular formula is C7H13NO3S2. The predicted octanol–water partition coefficient (Wildman–Crippen LogP) is -0.278. The zero-order chi connectivity index (χ0) is 10.3. The molecule has 0 aliphatic heterocycles. The summed E-state index contributed by atoms with van der Waals surface area (Å²) in [6, 6.07) is 0. The maximum Gasteiger partial charge on any atom is 0.151 e. The van der Waals surface area contributed by atoms with Crippen LogP contribution in [-0.2, 0) is 14.6 Å². The summed E-state index contributed by atoms with van der Waals surface area (Å²) in [5.74, 6) is 0. The van der Waals surface area contributed by atoms with Gasteiger partial charge in [0, 0.05) is 13.4 Å². The number of rotatable bonds is 4. The third-order valence-electron chi connectivity index (χ3n) is 2.42. The Hall–Kier alpha value is -0.200. The number of hydrogen-bond acceptors (Lipinski definition) is 4. The van der Waals surface area contributed by atoms with Crippen LogP contribution in [-0.4, -0.2) is 38.6 Å². The summed E-state index contributed by atoms with van der Waals surface area (Å²) in [5, 5.41) is -0.447. The van der Waals surface area contributed by atoms with E-state index in [-0.39, 0.29) is 4.99 Å². The maximum atomic E-state index is 11.2. The van der Waals surface area contributed by atoms with Crippen LogP contribution in [0.4, 0.5) is 0 Å². The first-order valence-corrected chi connectivity index (χ1v) is 6.18. The number of hydrogen-bond donors (Lipinski definition) is 1. The van der Waals surface area contributed by atoms with Crippen molar-refractivity contribution < 1.29 is 13.2 Å². The summed E-state index contributed by atoms with van der Waals surface area (Å²) < 4.78 is 27.4. The summed E-state index contributed by atoms with van der Waals surface area (Å²) in [6.45, 7) is 0.292. The van der Waals surface area contributed by atoms with E-state index in [2.05, 4.69) is 0 Å². The lowest BCUT2D eigenvalue weighted by molar-refractivity contribution is 0.169. The molecule has 4 nitrogen and oxygen atoms in total. The van der Waals surface area contributed by atoms with E-state index in [1.807, 2.05) is 0 Å². The van der Waals surface area contributed by atoms with Crippen molar-refractivity contribution in [1.29, 1.82) is 0 Å².